The van der Waals surface area contributed by atoms with Crippen LogP contribution in [0, 0.1) is 0 Å². The van der Waals surface area contributed by atoms with Gasteiger partial charge in [-0.1, -0.05) is 18.2 Å². The molecule has 0 spiro atoms. The fourth-order valence-corrected chi connectivity index (χ4v) is 5.37. The average Bonchev–Trinajstić information content (AvgIpc) is 3.24. The van der Waals surface area contributed by atoms with Gasteiger partial charge in [-0.25, -0.2) is 0 Å². The second-order valence-corrected chi connectivity index (χ2v) is 8.16. The van der Waals surface area contributed by atoms with Crippen molar-refractivity contribution in [3.63, 3.8) is 0 Å². The molecule has 4 rings (SSSR count). The molecule has 1 aliphatic carbocycles. The van der Waals surface area contributed by atoms with Crippen molar-refractivity contribution in [2.45, 2.75) is 35.8 Å². The molecule has 1 aromatic heterocycles. The standard InChI is InChI=1S/C17H16N2O2S2/c20-16(14-8-10-4-1-2-6-12(10)22-14)18-19-17(21)15-9-11-5-3-7-13(11)23-15/h1-2,4,6,9,14H,3,5,7-8H2,(H,18,20)(H,19,21)/t14-/m0/s1. The molecule has 4 nitrogen and oxygen atoms in total. The smallest absolute Gasteiger partial charge is 0.272 e. The average molecular weight is 344 g/mol. The van der Waals surface area contributed by atoms with Gasteiger partial charge in [0.25, 0.3) is 11.8 Å². The number of thioether (sulfide) groups is 1. The molecule has 0 saturated carbocycles. The van der Waals surface area contributed by atoms with Crippen LogP contribution in [0.2, 0.25) is 0 Å². The van der Waals surface area contributed by atoms with Crippen LogP contribution >= 0.6 is 23.1 Å². The number of carbonyl (C=O) groups is 2. The van der Waals surface area contributed by atoms with E-state index in [1.165, 1.54) is 33.8 Å². The van der Waals surface area contributed by atoms with Crippen molar-refractivity contribution >= 4 is 34.9 Å². The van der Waals surface area contributed by atoms with Gasteiger partial charge >= 0.3 is 0 Å². The summed E-state index contributed by atoms with van der Waals surface area (Å²) < 4.78 is 0. The normalized spacial score (nSPS) is 18.3. The van der Waals surface area contributed by atoms with Crippen LogP contribution in [0.15, 0.2) is 35.2 Å². The molecule has 118 valence electrons. The third-order valence-corrected chi connectivity index (χ3v) is 6.76. The van der Waals surface area contributed by atoms with E-state index in [1.54, 1.807) is 11.8 Å². The topological polar surface area (TPSA) is 58.2 Å². The van der Waals surface area contributed by atoms with E-state index < -0.39 is 0 Å². The summed E-state index contributed by atoms with van der Waals surface area (Å²) in [5.74, 6) is -0.373. The van der Waals surface area contributed by atoms with Crippen LogP contribution in [0.3, 0.4) is 0 Å². The first-order valence-electron chi connectivity index (χ1n) is 7.67. The van der Waals surface area contributed by atoms with Crippen LogP contribution < -0.4 is 10.9 Å². The Bertz CT molecular complexity index is 738. The molecule has 2 N–H and O–H groups in total. The van der Waals surface area contributed by atoms with E-state index >= 15 is 0 Å². The van der Waals surface area contributed by atoms with E-state index in [0.717, 1.165) is 17.7 Å². The number of amides is 2. The second kappa shape index (κ2) is 6.02. The minimum Gasteiger partial charge on any atom is -0.272 e. The summed E-state index contributed by atoms with van der Waals surface area (Å²) >= 11 is 3.09. The Hall–Kier alpha value is -1.79. The van der Waals surface area contributed by atoms with Gasteiger partial charge in [0, 0.05) is 9.77 Å². The van der Waals surface area contributed by atoms with E-state index in [2.05, 4.69) is 10.9 Å². The molecule has 23 heavy (non-hydrogen) atoms. The van der Waals surface area contributed by atoms with Crippen molar-refractivity contribution in [3.8, 4) is 0 Å². The second-order valence-electron chi connectivity index (χ2n) is 5.77. The molecule has 2 heterocycles. The van der Waals surface area contributed by atoms with Crippen molar-refractivity contribution < 1.29 is 9.59 Å². The summed E-state index contributed by atoms with van der Waals surface area (Å²) in [7, 11) is 0. The van der Waals surface area contributed by atoms with Crippen LogP contribution in [0.25, 0.3) is 0 Å². The number of benzene rings is 1. The molecule has 0 bridgehead atoms. The van der Waals surface area contributed by atoms with Gasteiger partial charge < -0.3 is 0 Å². The van der Waals surface area contributed by atoms with Gasteiger partial charge in [0.1, 0.15) is 0 Å². The fourth-order valence-electron chi connectivity index (χ4n) is 3.03. The van der Waals surface area contributed by atoms with Crippen molar-refractivity contribution in [2.75, 3.05) is 0 Å². The SMILES string of the molecule is O=C(NNC(=O)[C@@H]1Cc2ccccc2S1)c1cc2c(s1)CCC2. The summed E-state index contributed by atoms with van der Waals surface area (Å²) in [6.45, 7) is 0. The van der Waals surface area contributed by atoms with E-state index in [1.807, 2.05) is 30.3 Å². The van der Waals surface area contributed by atoms with E-state index in [0.29, 0.717) is 11.3 Å². The maximum Gasteiger partial charge on any atom is 0.279 e. The van der Waals surface area contributed by atoms with Gasteiger partial charge in [-0.2, -0.15) is 0 Å². The highest BCUT2D eigenvalue weighted by Gasteiger charge is 2.28. The van der Waals surface area contributed by atoms with Crippen molar-refractivity contribution in [3.05, 3.63) is 51.2 Å². The molecule has 0 saturated heterocycles. The van der Waals surface area contributed by atoms with E-state index in [-0.39, 0.29) is 17.1 Å². The van der Waals surface area contributed by atoms with Crippen LogP contribution in [0.5, 0.6) is 0 Å². The predicted octanol–water partition coefficient (Wildman–Crippen LogP) is 2.71. The first-order chi connectivity index (χ1) is 11.2. The molecule has 1 atom stereocenters. The highest BCUT2D eigenvalue weighted by Crippen LogP contribution is 2.36. The van der Waals surface area contributed by atoms with E-state index in [4.69, 9.17) is 0 Å². The molecule has 2 amide bonds. The highest BCUT2D eigenvalue weighted by atomic mass is 32.2. The number of hydrogen-bond donors (Lipinski definition) is 2. The lowest BCUT2D eigenvalue weighted by atomic mass is 10.1. The summed E-state index contributed by atoms with van der Waals surface area (Å²) in [5.41, 5.74) is 7.60. The molecular weight excluding hydrogens is 328 g/mol. The minimum atomic E-state index is -0.224. The van der Waals surface area contributed by atoms with Gasteiger partial charge in [0.2, 0.25) is 0 Å². The Labute approximate surface area is 142 Å². The Morgan fingerprint density at radius 3 is 2.78 bits per heavy atom. The lowest BCUT2D eigenvalue weighted by molar-refractivity contribution is -0.121. The Balaban J connectivity index is 1.34. The molecule has 0 unspecified atom stereocenters. The van der Waals surface area contributed by atoms with Crippen molar-refractivity contribution in [1.82, 2.24) is 10.9 Å². The Kier molecular flexibility index (Phi) is 3.87. The van der Waals surface area contributed by atoms with Crippen LogP contribution in [0.4, 0.5) is 0 Å². The van der Waals surface area contributed by atoms with Gasteiger partial charge in [0.05, 0.1) is 10.1 Å². The van der Waals surface area contributed by atoms with E-state index in [9.17, 15) is 9.59 Å². The lowest BCUT2D eigenvalue weighted by Crippen LogP contribution is -2.45. The molecule has 2 aromatic rings. The summed E-state index contributed by atoms with van der Waals surface area (Å²) in [6.07, 6.45) is 4.01. The van der Waals surface area contributed by atoms with Gasteiger partial charge in [-0.15, -0.1) is 23.1 Å². The number of fused-ring (bicyclic) bond motifs is 2. The molecule has 1 aromatic carbocycles. The predicted molar refractivity (Wildman–Crippen MR) is 91.7 cm³/mol. The van der Waals surface area contributed by atoms with Gasteiger partial charge in [0.15, 0.2) is 0 Å². The number of nitrogens with one attached hydrogen (secondary N) is 2. The van der Waals surface area contributed by atoms with Crippen molar-refractivity contribution in [2.24, 2.45) is 0 Å². The zero-order valence-corrected chi connectivity index (χ0v) is 14.1. The molecule has 2 aliphatic rings. The van der Waals surface area contributed by atoms with Gasteiger partial charge in [-0.05, 0) is 48.9 Å². The van der Waals surface area contributed by atoms with Crippen LogP contribution in [0.1, 0.15) is 32.1 Å². The number of hydrogen-bond acceptors (Lipinski definition) is 4. The number of thiophene rings is 1. The Morgan fingerprint density at radius 1 is 1.09 bits per heavy atom. The fraction of sp³-hybridized carbons (Fsp3) is 0.294. The summed E-state index contributed by atoms with van der Waals surface area (Å²) in [6, 6.07) is 9.98. The van der Waals surface area contributed by atoms with Crippen LogP contribution in [-0.2, 0) is 24.1 Å². The molecule has 1 aliphatic heterocycles. The quantitative estimate of drug-likeness (QED) is 0.824. The third kappa shape index (κ3) is 2.88. The first kappa shape index (κ1) is 14.8. The monoisotopic (exact) mass is 344 g/mol. The summed E-state index contributed by atoms with van der Waals surface area (Å²) in [5, 5.41) is -0.180. The van der Waals surface area contributed by atoms with Crippen LogP contribution in [-0.4, -0.2) is 17.1 Å². The third-order valence-electron chi connectivity index (χ3n) is 4.21. The Morgan fingerprint density at radius 2 is 1.96 bits per heavy atom. The summed E-state index contributed by atoms with van der Waals surface area (Å²) in [4.78, 5) is 27.5. The maximum atomic E-state index is 12.2. The number of carbonyl (C=O) groups excluding carboxylic acids is 2. The molecular formula is C17H16N2O2S2. The number of rotatable bonds is 2. The van der Waals surface area contributed by atoms with Gasteiger partial charge in [-0.3, -0.25) is 20.4 Å². The number of aryl methyl sites for hydroxylation is 2. The zero-order valence-electron chi connectivity index (χ0n) is 12.4. The zero-order chi connectivity index (χ0) is 15.8. The molecule has 0 radical (unpaired) electrons. The first-order valence-corrected chi connectivity index (χ1v) is 9.36. The molecule has 0 fully saturated rings. The lowest BCUT2D eigenvalue weighted by Gasteiger charge is -2.10. The van der Waals surface area contributed by atoms with Crippen molar-refractivity contribution in [1.29, 1.82) is 0 Å². The largest absolute Gasteiger partial charge is 0.279 e. The molecule has 6 heteroatoms. The minimum absolute atomic E-state index is 0.149. The highest BCUT2D eigenvalue weighted by molar-refractivity contribution is 8.01. The maximum absolute atomic E-state index is 12.2. The number of hydrazine groups is 1.